The smallest absolute Gasteiger partial charge is 0.356 e. The molecule has 1 fully saturated rings. The fraction of sp³-hybridized carbons (Fsp3) is 0.440. The van der Waals surface area contributed by atoms with E-state index >= 15 is 0 Å². The molecule has 2 aliphatic rings. The number of carbonyl (C=O) groups excluding carboxylic acids is 1. The molecule has 1 aliphatic carbocycles. The van der Waals surface area contributed by atoms with Crippen LogP contribution in [0, 0.1) is 5.92 Å². The third-order valence-electron chi connectivity index (χ3n) is 6.38. The van der Waals surface area contributed by atoms with Gasteiger partial charge in [0.05, 0.1) is 12.3 Å². The van der Waals surface area contributed by atoms with Gasteiger partial charge in [0.25, 0.3) is 0 Å². The van der Waals surface area contributed by atoms with Gasteiger partial charge in [-0.2, -0.15) is 16.4 Å². The van der Waals surface area contributed by atoms with Crippen LogP contribution in [0.5, 0.6) is 11.5 Å². The average Bonchev–Trinajstić information content (AvgIpc) is 3.55. The third-order valence-corrected chi connectivity index (χ3v) is 7.41. The first-order chi connectivity index (χ1) is 16.1. The van der Waals surface area contributed by atoms with Crippen molar-refractivity contribution in [1.82, 2.24) is 9.78 Å². The van der Waals surface area contributed by atoms with Crippen LogP contribution in [0.15, 0.2) is 29.0 Å². The molecular formula is C25H27ClN2O4S. The van der Waals surface area contributed by atoms with Crippen molar-refractivity contribution in [1.29, 1.82) is 0 Å². The topological polar surface area (TPSA) is 62.6 Å². The highest BCUT2D eigenvalue weighted by atomic mass is 35.5. The van der Waals surface area contributed by atoms with Gasteiger partial charge < -0.3 is 14.2 Å². The Kier molecular flexibility index (Phi) is 6.60. The average molecular weight is 487 g/mol. The maximum atomic E-state index is 13.2. The van der Waals surface area contributed by atoms with Gasteiger partial charge in [0.15, 0.2) is 17.2 Å². The van der Waals surface area contributed by atoms with E-state index in [1.54, 1.807) is 17.4 Å². The molecule has 1 aromatic carbocycles. The number of esters is 1. The molecule has 1 aliphatic heterocycles. The van der Waals surface area contributed by atoms with Gasteiger partial charge in [0.2, 0.25) is 6.79 Å². The Morgan fingerprint density at radius 2 is 2.03 bits per heavy atom. The Balaban J connectivity index is 1.60. The summed E-state index contributed by atoms with van der Waals surface area (Å²) in [7, 11) is 0. The van der Waals surface area contributed by atoms with E-state index in [1.165, 1.54) is 32.1 Å². The molecule has 0 unspecified atom stereocenters. The van der Waals surface area contributed by atoms with Crippen molar-refractivity contribution in [2.45, 2.75) is 52.0 Å². The normalized spacial score (nSPS) is 15.7. The Hall–Kier alpha value is -2.51. The monoisotopic (exact) mass is 486 g/mol. The molecule has 0 N–H and O–H groups in total. The molecule has 3 aromatic rings. The predicted molar refractivity (Wildman–Crippen MR) is 128 cm³/mol. The lowest BCUT2D eigenvalue weighted by Crippen LogP contribution is -2.20. The second kappa shape index (κ2) is 9.77. The van der Waals surface area contributed by atoms with E-state index in [9.17, 15) is 4.79 Å². The summed E-state index contributed by atoms with van der Waals surface area (Å²) in [5, 5.41) is 9.63. The zero-order valence-electron chi connectivity index (χ0n) is 18.6. The Bertz CT molecular complexity index is 1140. The largest absolute Gasteiger partial charge is 0.461 e. The third kappa shape index (κ3) is 4.62. The van der Waals surface area contributed by atoms with Crippen molar-refractivity contribution in [3.05, 3.63) is 50.8 Å². The molecule has 3 heterocycles. The predicted octanol–water partition coefficient (Wildman–Crippen LogP) is 6.34. The standard InChI is InChI=1S/C25H27ClN2O4S/c1-2-30-25(29)24-19(10-18-11-21-22(12-20(18)26)32-15-31-21)23(17-8-9-33-14-17)27-28(24)13-16-6-4-3-5-7-16/h8-9,11-12,14,16H,2-7,10,13,15H2,1H3. The summed E-state index contributed by atoms with van der Waals surface area (Å²) in [6.45, 7) is 3.04. The number of aromatic nitrogens is 2. The molecule has 0 amide bonds. The lowest BCUT2D eigenvalue weighted by atomic mass is 9.89. The number of ether oxygens (including phenoxy) is 3. The van der Waals surface area contributed by atoms with Crippen LogP contribution in [-0.2, 0) is 17.7 Å². The van der Waals surface area contributed by atoms with Crippen LogP contribution in [0.1, 0.15) is 60.6 Å². The minimum Gasteiger partial charge on any atom is -0.461 e. The van der Waals surface area contributed by atoms with E-state index in [0.29, 0.717) is 41.2 Å². The van der Waals surface area contributed by atoms with Gasteiger partial charge in [0, 0.05) is 40.6 Å². The van der Waals surface area contributed by atoms with Crippen LogP contribution in [0.3, 0.4) is 0 Å². The molecule has 33 heavy (non-hydrogen) atoms. The molecule has 0 radical (unpaired) electrons. The fourth-order valence-electron chi connectivity index (χ4n) is 4.76. The number of hydrogen-bond donors (Lipinski definition) is 0. The number of thiophene rings is 1. The minimum absolute atomic E-state index is 0.183. The van der Waals surface area contributed by atoms with E-state index in [1.807, 2.05) is 29.1 Å². The van der Waals surface area contributed by atoms with Gasteiger partial charge in [-0.3, -0.25) is 4.68 Å². The van der Waals surface area contributed by atoms with Crippen molar-refractivity contribution in [3.63, 3.8) is 0 Å². The van der Waals surface area contributed by atoms with Crippen molar-refractivity contribution in [2.24, 2.45) is 5.92 Å². The van der Waals surface area contributed by atoms with Gasteiger partial charge in [-0.05, 0) is 48.8 Å². The fourth-order valence-corrected chi connectivity index (χ4v) is 5.62. The van der Waals surface area contributed by atoms with Crippen LogP contribution >= 0.6 is 22.9 Å². The van der Waals surface area contributed by atoms with Gasteiger partial charge >= 0.3 is 5.97 Å². The molecule has 2 aromatic heterocycles. The highest BCUT2D eigenvalue weighted by molar-refractivity contribution is 7.08. The van der Waals surface area contributed by atoms with Gasteiger partial charge in [-0.1, -0.05) is 30.9 Å². The number of halogens is 1. The van der Waals surface area contributed by atoms with E-state index in [0.717, 1.165) is 28.9 Å². The van der Waals surface area contributed by atoms with E-state index in [4.69, 9.17) is 30.9 Å². The molecule has 8 heteroatoms. The summed E-state index contributed by atoms with van der Waals surface area (Å²) in [4.78, 5) is 13.2. The van der Waals surface area contributed by atoms with E-state index < -0.39 is 0 Å². The molecule has 5 rings (SSSR count). The SMILES string of the molecule is CCOC(=O)c1c(Cc2cc3c(cc2Cl)OCO3)c(-c2ccsc2)nn1CC1CCCCC1. The second-order valence-electron chi connectivity index (χ2n) is 8.57. The summed E-state index contributed by atoms with van der Waals surface area (Å²) >= 11 is 8.22. The number of nitrogens with zero attached hydrogens (tertiary/aromatic N) is 2. The summed E-state index contributed by atoms with van der Waals surface area (Å²) in [6, 6.07) is 5.72. The van der Waals surface area contributed by atoms with Crippen molar-refractivity contribution in [2.75, 3.05) is 13.4 Å². The molecular weight excluding hydrogens is 460 g/mol. The number of fused-ring (bicyclic) bond motifs is 1. The summed E-state index contributed by atoms with van der Waals surface area (Å²) in [5.41, 5.74) is 4.03. The van der Waals surface area contributed by atoms with Gasteiger partial charge in [0.1, 0.15) is 0 Å². The summed E-state index contributed by atoms with van der Waals surface area (Å²) < 4.78 is 18.4. The van der Waals surface area contributed by atoms with Crippen molar-refractivity contribution < 1.29 is 19.0 Å². The first-order valence-corrected chi connectivity index (χ1v) is 12.8. The number of hydrogen-bond acceptors (Lipinski definition) is 6. The van der Waals surface area contributed by atoms with Crippen LogP contribution in [0.4, 0.5) is 0 Å². The Morgan fingerprint density at radius 1 is 1.24 bits per heavy atom. The second-order valence-corrected chi connectivity index (χ2v) is 9.76. The molecule has 0 atom stereocenters. The number of rotatable bonds is 7. The van der Waals surface area contributed by atoms with Crippen molar-refractivity contribution in [3.8, 4) is 22.8 Å². The quantitative estimate of drug-likeness (QED) is 0.364. The number of benzene rings is 1. The maximum absolute atomic E-state index is 13.2. The van der Waals surface area contributed by atoms with Crippen LogP contribution in [0.2, 0.25) is 5.02 Å². The number of carbonyl (C=O) groups is 1. The highest BCUT2D eigenvalue weighted by Gasteiger charge is 2.29. The molecule has 0 saturated heterocycles. The summed E-state index contributed by atoms with van der Waals surface area (Å²) in [5.74, 6) is 1.48. The van der Waals surface area contributed by atoms with Crippen LogP contribution in [0.25, 0.3) is 11.3 Å². The van der Waals surface area contributed by atoms with E-state index in [2.05, 4.69) is 5.38 Å². The van der Waals surface area contributed by atoms with Gasteiger partial charge in [-0.25, -0.2) is 4.79 Å². The Labute approximate surface area is 202 Å². The zero-order valence-corrected chi connectivity index (χ0v) is 20.2. The first kappa shape index (κ1) is 22.3. The molecule has 174 valence electrons. The molecule has 0 spiro atoms. The zero-order chi connectivity index (χ0) is 22.8. The van der Waals surface area contributed by atoms with Crippen molar-refractivity contribution >= 4 is 28.9 Å². The Morgan fingerprint density at radius 3 is 2.76 bits per heavy atom. The lowest BCUT2D eigenvalue weighted by Gasteiger charge is -2.22. The molecule has 0 bridgehead atoms. The maximum Gasteiger partial charge on any atom is 0.356 e. The molecule has 1 saturated carbocycles. The van der Waals surface area contributed by atoms with Crippen LogP contribution in [-0.4, -0.2) is 29.1 Å². The summed E-state index contributed by atoms with van der Waals surface area (Å²) in [6.07, 6.45) is 6.53. The lowest BCUT2D eigenvalue weighted by molar-refractivity contribution is 0.0508. The van der Waals surface area contributed by atoms with Gasteiger partial charge in [-0.15, -0.1) is 0 Å². The highest BCUT2D eigenvalue weighted by Crippen LogP contribution is 2.39. The molecule has 6 nitrogen and oxygen atoms in total. The van der Waals surface area contributed by atoms with E-state index in [-0.39, 0.29) is 12.8 Å². The minimum atomic E-state index is -0.339. The van der Waals surface area contributed by atoms with Crippen LogP contribution < -0.4 is 9.47 Å². The first-order valence-electron chi connectivity index (χ1n) is 11.5.